The van der Waals surface area contributed by atoms with Gasteiger partial charge in [-0.15, -0.1) is 0 Å². The summed E-state index contributed by atoms with van der Waals surface area (Å²) in [6.45, 7) is 1.73. The summed E-state index contributed by atoms with van der Waals surface area (Å²) in [5, 5.41) is 11.0. The third kappa shape index (κ3) is 5.07. The lowest BCUT2D eigenvalue weighted by molar-refractivity contribution is -0.118. The lowest BCUT2D eigenvalue weighted by Crippen LogP contribution is -2.33. The predicted molar refractivity (Wildman–Crippen MR) is 69.6 cm³/mol. The normalized spacial score (nSPS) is 10.7. The van der Waals surface area contributed by atoms with Gasteiger partial charge in [0.25, 0.3) is 0 Å². The van der Waals surface area contributed by atoms with E-state index in [1.165, 1.54) is 19.1 Å². The second-order valence-corrected chi connectivity index (χ2v) is 5.63. The molecule has 0 fully saturated rings. The van der Waals surface area contributed by atoms with Crippen LogP contribution in [0.2, 0.25) is 0 Å². The van der Waals surface area contributed by atoms with Gasteiger partial charge in [0.2, 0.25) is 15.9 Å². The molecule has 0 atom stereocenters. The number of hydrogen-bond acceptors (Lipinski definition) is 4. The minimum atomic E-state index is -3.57. The van der Waals surface area contributed by atoms with Crippen molar-refractivity contribution in [3.63, 3.8) is 0 Å². The highest BCUT2D eigenvalue weighted by atomic mass is 32.2. The fraction of sp³-hybridized carbons (Fsp3) is 0.333. The van der Waals surface area contributed by atoms with E-state index in [2.05, 4.69) is 10.0 Å². The molecule has 0 heterocycles. The van der Waals surface area contributed by atoms with Crippen LogP contribution in [0.1, 0.15) is 12.5 Å². The monoisotopic (exact) mass is 281 g/mol. The second-order valence-electron chi connectivity index (χ2n) is 3.86. The smallest absolute Gasteiger partial charge is 0.240 e. The largest absolute Gasteiger partial charge is 0.355 e. The van der Waals surface area contributed by atoms with Crippen molar-refractivity contribution in [1.82, 2.24) is 10.0 Å². The summed E-state index contributed by atoms with van der Waals surface area (Å²) in [5.74, 6) is -0.208. The average molecular weight is 281 g/mol. The van der Waals surface area contributed by atoms with Gasteiger partial charge in [0.1, 0.15) is 0 Å². The zero-order valence-corrected chi connectivity index (χ0v) is 11.3. The maximum atomic E-state index is 11.9. The Labute approximate surface area is 112 Å². The molecule has 0 bridgehead atoms. The number of rotatable bonds is 6. The molecule has 0 unspecified atom stereocenters. The fourth-order valence-corrected chi connectivity index (χ4v) is 2.42. The van der Waals surface area contributed by atoms with Crippen molar-refractivity contribution in [2.24, 2.45) is 0 Å². The maximum Gasteiger partial charge on any atom is 0.240 e. The Bertz CT molecular complexity index is 573. The maximum absolute atomic E-state index is 11.9. The van der Waals surface area contributed by atoms with Gasteiger partial charge in [0, 0.05) is 20.0 Å². The molecule has 102 valence electrons. The van der Waals surface area contributed by atoms with Gasteiger partial charge >= 0.3 is 0 Å². The van der Waals surface area contributed by atoms with Crippen LogP contribution in [0.25, 0.3) is 0 Å². The van der Waals surface area contributed by atoms with Gasteiger partial charge in [0.05, 0.1) is 17.4 Å². The predicted octanol–water partition coefficient (Wildman–Crippen LogP) is 0.167. The molecule has 7 heteroatoms. The van der Waals surface area contributed by atoms with E-state index in [9.17, 15) is 13.2 Å². The topological polar surface area (TPSA) is 99.1 Å². The van der Waals surface area contributed by atoms with E-state index in [1.807, 2.05) is 6.07 Å². The molecule has 2 N–H and O–H groups in total. The summed E-state index contributed by atoms with van der Waals surface area (Å²) in [6.07, 6.45) is 0.246. The van der Waals surface area contributed by atoms with Crippen LogP contribution >= 0.6 is 0 Å². The number of benzene rings is 1. The Morgan fingerprint density at radius 3 is 2.42 bits per heavy atom. The third-order valence-electron chi connectivity index (χ3n) is 2.31. The van der Waals surface area contributed by atoms with Crippen LogP contribution in [0.15, 0.2) is 29.2 Å². The third-order valence-corrected chi connectivity index (χ3v) is 3.78. The summed E-state index contributed by atoms with van der Waals surface area (Å²) in [4.78, 5) is 10.8. The van der Waals surface area contributed by atoms with Gasteiger partial charge in [0.15, 0.2) is 0 Å². The molecular weight excluding hydrogens is 266 g/mol. The van der Waals surface area contributed by atoms with Gasteiger partial charge < -0.3 is 5.32 Å². The number of amides is 1. The van der Waals surface area contributed by atoms with Gasteiger partial charge in [-0.25, -0.2) is 13.1 Å². The van der Waals surface area contributed by atoms with Crippen molar-refractivity contribution >= 4 is 15.9 Å². The lowest BCUT2D eigenvalue weighted by Gasteiger charge is -2.07. The number of carbonyl (C=O) groups is 1. The summed E-state index contributed by atoms with van der Waals surface area (Å²) >= 11 is 0. The number of hydrogen-bond donors (Lipinski definition) is 2. The van der Waals surface area contributed by atoms with Gasteiger partial charge in [-0.05, 0) is 17.7 Å². The molecule has 1 aromatic carbocycles. The van der Waals surface area contributed by atoms with E-state index in [0.717, 1.165) is 5.56 Å². The lowest BCUT2D eigenvalue weighted by atomic mass is 10.2. The number of nitrogens with zero attached hydrogens (tertiary/aromatic N) is 1. The van der Waals surface area contributed by atoms with Gasteiger partial charge in [-0.1, -0.05) is 12.1 Å². The quantitative estimate of drug-likeness (QED) is 0.726. The molecule has 1 amide bonds. The molecule has 19 heavy (non-hydrogen) atoms. The Balaban J connectivity index is 2.62. The number of carbonyl (C=O) groups excluding carboxylic acids is 1. The van der Waals surface area contributed by atoms with Crippen molar-refractivity contribution in [3.05, 3.63) is 29.8 Å². The highest BCUT2D eigenvalue weighted by molar-refractivity contribution is 7.89. The van der Waals surface area contributed by atoms with Crippen LogP contribution in [0.3, 0.4) is 0 Å². The Morgan fingerprint density at radius 1 is 1.26 bits per heavy atom. The van der Waals surface area contributed by atoms with E-state index < -0.39 is 10.0 Å². The molecule has 0 saturated heterocycles. The van der Waals surface area contributed by atoms with Crippen molar-refractivity contribution in [2.45, 2.75) is 18.2 Å². The summed E-state index contributed by atoms with van der Waals surface area (Å²) in [6, 6.07) is 8.10. The van der Waals surface area contributed by atoms with Crippen LogP contribution in [0, 0.1) is 11.3 Å². The number of nitrogens with one attached hydrogen (secondary N) is 2. The zero-order chi connectivity index (χ0) is 14.3. The number of sulfonamides is 1. The molecule has 0 aromatic heterocycles. The molecule has 0 radical (unpaired) electrons. The van der Waals surface area contributed by atoms with E-state index in [1.54, 1.807) is 12.1 Å². The molecule has 0 aliphatic rings. The highest BCUT2D eigenvalue weighted by Gasteiger charge is 2.12. The van der Waals surface area contributed by atoms with Crippen molar-refractivity contribution < 1.29 is 13.2 Å². The molecular formula is C12H15N3O3S. The Kier molecular flexibility index (Phi) is 5.48. The number of nitriles is 1. The fourth-order valence-electron chi connectivity index (χ4n) is 1.39. The van der Waals surface area contributed by atoms with Crippen LogP contribution in [0.4, 0.5) is 0 Å². The SMILES string of the molecule is CC(=O)NCCNS(=O)(=O)c1ccc(CC#N)cc1. The summed E-state index contributed by atoms with van der Waals surface area (Å²) in [7, 11) is -3.57. The molecule has 6 nitrogen and oxygen atoms in total. The molecule has 0 aliphatic carbocycles. The average Bonchev–Trinajstić information content (AvgIpc) is 2.36. The van der Waals surface area contributed by atoms with Crippen molar-refractivity contribution in [2.75, 3.05) is 13.1 Å². The summed E-state index contributed by atoms with van der Waals surface area (Å²) in [5.41, 5.74) is 0.764. The first kappa shape index (κ1) is 15.1. The Morgan fingerprint density at radius 2 is 1.89 bits per heavy atom. The van der Waals surface area contributed by atoms with E-state index in [-0.39, 0.29) is 30.3 Å². The van der Waals surface area contributed by atoms with E-state index in [0.29, 0.717) is 0 Å². The van der Waals surface area contributed by atoms with Crippen LogP contribution in [0.5, 0.6) is 0 Å². The zero-order valence-electron chi connectivity index (χ0n) is 10.5. The highest BCUT2D eigenvalue weighted by Crippen LogP contribution is 2.10. The van der Waals surface area contributed by atoms with E-state index in [4.69, 9.17) is 5.26 Å². The minimum Gasteiger partial charge on any atom is -0.355 e. The molecule has 1 aromatic rings. The van der Waals surface area contributed by atoms with Gasteiger partial charge in [-0.2, -0.15) is 5.26 Å². The van der Waals surface area contributed by atoms with Gasteiger partial charge in [-0.3, -0.25) is 4.79 Å². The van der Waals surface area contributed by atoms with Crippen LogP contribution in [-0.2, 0) is 21.2 Å². The first-order chi connectivity index (χ1) is 8.95. The van der Waals surface area contributed by atoms with Crippen LogP contribution < -0.4 is 10.0 Å². The molecule has 1 rings (SSSR count). The molecule has 0 saturated carbocycles. The van der Waals surface area contributed by atoms with Crippen molar-refractivity contribution in [1.29, 1.82) is 5.26 Å². The Hall–Kier alpha value is -1.91. The standard InChI is InChI=1S/C12H15N3O3S/c1-10(16)14-8-9-15-19(17,18)12-4-2-11(3-5-12)6-7-13/h2-5,15H,6,8-9H2,1H3,(H,14,16). The minimum absolute atomic E-state index is 0.127. The summed E-state index contributed by atoms with van der Waals surface area (Å²) < 4.78 is 26.1. The van der Waals surface area contributed by atoms with E-state index >= 15 is 0 Å². The second kappa shape index (κ2) is 6.87. The molecule has 0 aliphatic heterocycles. The first-order valence-corrected chi connectivity index (χ1v) is 7.14. The first-order valence-electron chi connectivity index (χ1n) is 5.65. The molecule has 0 spiro atoms. The van der Waals surface area contributed by atoms with Crippen LogP contribution in [-0.4, -0.2) is 27.4 Å². The van der Waals surface area contributed by atoms with Crippen molar-refractivity contribution in [3.8, 4) is 6.07 Å².